The monoisotopic (exact) mass is 543 g/mol. The number of carboxylic acid groups (broad SMARTS) is 1. The van der Waals surface area contributed by atoms with E-state index in [1.54, 1.807) is 18.2 Å². The van der Waals surface area contributed by atoms with Gasteiger partial charge in [0, 0.05) is 24.7 Å². The van der Waals surface area contributed by atoms with Gasteiger partial charge in [0.2, 0.25) is 0 Å². The van der Waals surface area contributed by atoms with Crippen LogP contribution in [0.5, 0.6) is 11.5 Å². The van der Waals surface area contributed by atoms with E-state index in [0.717, 1.165) is 49.5 Å². The van der Waals surface area contributed by atoms with Crippen molar-refractivity contribution in [3.05, 3.63) is 94.2 Å². The van der Waals surface area contributed by atoms with Gasteiger partial charge in [0.15, 0.2) is 0 Å². The molecular formula is C32H34ClN3O3. The summed E-state index contributed by atoms with van der Waals surface area (Å²) in [5.74, 6) is 0.0641. The first-order chi connectivity index (χ1) is 18.7. The number of pyridine rings is 1. The lowest BCUT2D eigenvalue weighted by molar-refractivity contribution is 0.0694. The van der Waals surface area contributed by atoms with Crippen LogP contribution in [0.3, 0.4) is 0 Å². The number of aromatic carboxylic acids is 1. The SMILES string of the molecule is CC1(C)CCC(CN2CC=C(c3ccc(C(=O)O)c(Oc4ccc(N)nc4)c3)CC2)=C(c2ccc(Cl)cc2)C1. The van der Waals surface area contributed by atoms with Crippen LogP contribution in [0.15, 0.2) is 72.4 Å². The molecule has 2 aromatic carbocycles. The van der Waals surface area contributed by atoms with E-state index in [2.05, 4.69) is 41.9 Å². The Morgan fingerprint density at radius 3 is 2.54 bits per heavy atom. The third-order valence-corrected chi connectivity index (χ3v) is 7.91. The lowest BCUT2D eigenvalue weighted by Crippen LogP contribution is -2.32. The van der Waals surface area contributed by atoms with Crippen molar-refractivity contribution in [1.29, 1.82) is 0 Å². The van der Waals surface area contributed by atoms with Gasteiger partial charge in [-0.2, -0.15) is 0 Å². The topological polar surface area (TPSA) is 88.7 Å². The van der Waals surface area contributed by atoms with E-state index < -0.39 is 5.97 Å². The van der Waals surface area contributed by atoms with E-state index in [0.29, 0.717) is 11.6 Å². The number of benzene rings is 2. The molecule has 0 bridgehead atoms. The van der Waals surface area contributed by atoms with Gasteiger partial charge in [0.1, 0.15) is 22.9 Å². The lowest BCUT2D eigenvalue weighted by Gasteiger charge is -2.36. The van der Waals surface area contributed by atoms with Gasteiger partial charge in [-0.3, -0.25) is 4.90 Å². The van der Waals surface area contributed by atoms with Gasteiger partial charge in [0.05, 0.1) is 6.20 Å². The predicted molar refractivity (Wildman–Crippen MR) is 157 cm³/mol. The zero-order valence-electron chi connectivity index (χ0n) is 22.4. The summed E-state index contributed by atoms with van der Waals surface area (Å²) in [6.07, 6.45) is 7.99. The first-order valence-corrected chi connectivity index (χ1v) is 13.7. The van der Waals surface area contributed by atoms with Crippen molar-refractivity contribution in [3.8, 4) is 11.5 Å². The Kier molecular flexibility index (Phi) is 7.78. The van der Waals surface area contributed by atoms with Crippen LogP contribution in [-0.4, -0.2) is 40.6 Å². The first-order valence-electron chi connectivity index (χ1n) is 13.3. The summed E-state index contributed by atoms with van der Waals surface area (Å²) in [4.78, 5) is 18.4. The number of aromatic nitrogens is 1. The molecule has 1 aliphatic carbocycles. The number of allylic oxidation sites excluding steroid dienone is 1. The fourth-order valence-corrected chi connectivity index (χ4v) is 5.54. The minimum atomic E-state index is -1.04. The Morgan fingerprint density at radius 2 is 1.87 bits per heavy atom. The van der Waals surface area contributed by atoms with Crippen LogP contribution in [0.2, 0.25) is 5.02 Å². The van der Waals surface area contributed by atoms with Crippen molar-refractivity contribution in [2.75, 3.05) is 25.4 Å². The molecule has 202 valence electrons. The van der Waals surface area contributed by atoms with E-state index >= 15 is 0 Å². The zero-order valence-corrected chi connectivity index (χ0v) is 23.2. The number of rotatable bonds is 7. The zero-order chi connectivity index (χ0) is 27.6. The minimum absolute atomic E-state index is 0.107. The number of carbonyl (C=O) groups is 1. The number of hydrogen-bond acceptors (Lipinski definition) is 5. The second-order valence-corrected chi connectivity index (χ2v) is 11.6. The molecule has 1 aromatic heterocycles. The van der Waals surface area contributed by atoms with E-state index in [4.69, 9.17) is 22.1 Å². The van der Waals surface area contributed by atoms with Crippen molar-refractivity contribution in [2.24, 2.45) is 5.41 Å². The maximum atomic E-state index is 11.8. The highest BCUT2D eigenvalue weighted by molar-refractivity contribution is 6.30. The highest BCUT2D eigenvalue weighted by Gasteiger charge is 2.29. The molecule has 39 heavy (non-hydrogen) atoms. The third-order valence-electron chi connectivity index (χ3n) is 7.66. The van der Waals surface area contributed by atoms with Crippen LogP contribution >= 0.6 is 11.6 Å². The highest BCUT2D eigenvalue weighted by atomic mass is 35.5. The molecule has 3 aromatic rings. The summed E-state index contributed by atoms with van der Waals surface area (Å²) in [6.45, 7) is 7.44. The lowest BCUT2D eigenvalue weighted by atomic mass is 9.72. The smallest absolute Gasteiger partial charge is 0.339 e. The summed E-state index contributed by atoms with van der Waals surface area (Å²) in [7, 11) is 0. The number of anilines is 1. The standard InChI is InChI=1S/C32H34ClN3O3/c1-32(2)14-11-24(28(18-32)22-3-6-25(33)7-4-22)20-36-15-12-21(13-16-36)23-5-9-27(31(37)38)29(17-23)39-26-8-10-30(34)35-19-26/h3-10,12,17,19H,11,13-16,18,20H2,1-2H3,(H2,34,35)(H,37,38). The van der Waals surface area contributed by atoms with Crippen molar-refractivity contribution >= 4 is 34.5 Å². The van der Waals surface area contributed by atoms with E-state index in [9.17, 15) is 9.90 Å². The maximum absolute atomic E-state index is 11.8. The van der Waals surface area contributed by atoms with Crippen LogP contribution in [0, 0.1) is 5.41 Å². The number of halogens is 1. The van der Waals surface area contributed by atoms with E-state index in [1.807, 2.05) is 24.3 Å². The number of nitrogens with two attached hydrogens (primary N) is 1. The number of carboxylic acids is 1. The number of nitrogens with zero attached hydrogens (tertiary/aromatic N) is 2. The molecular weight excluding hydrogens is 510 g/mol. The molecule has 2 heterocycles. The average Bonchev–Trinajstić information content (AvgIpc) is 2.91. The summed E-state index contributed by atoms with van der Waals surface area (Å²) >= 11 is 6.17. The fourth-order valence-electron chi connectivity index (χ4n) is 5.41. The molecule has 0 radical (unpaired) electrons. The van der Waals surface area contributed by atoms with Crippen molar-refractivity contribution in [3.63, 3.8) is 0 Å². The molecule has 0 saturated carbocycles. The fraction of sp³-hybridized carbons (Fsp3) is 0.312. The summed E-state index contributed by atoms with van der Waals surface area (Å²) < 4.78 is 5.91. The van der Waals surface area contributed by atoms with Crippen LogP contribution in [0.25, 0.3) is 11.1 Å². The van der Waals surface area contributed by atoms with Gasteiger partial charge in [-0.15, -0.1) is 0 Å². The van der Waals surface area contributed by atoms with Gasteiger partial charge in [0.25, 0.3) is 0 Å². The van der Waals surface area contributed by atoms with Gasteiger partial charge in [-0.25, -0.2) is 9.78 Å². The molecule has 5 rings (SSSR count). The van der Waals surface area contributed by atoms with Crippen molar-refractivity contribution < 1.29 is 14.6 Å². The second-order valence-electron chi connectivity index (χ2n) is 11.2. The normalized spacial score (nSPS) is 17.6. The van der Waals surface area contributed by atoms with Gasteiger partial charge >= 0.3 is 5.97 Å². The largest absolute Gasteiger partial charge is 0.478 e. The Balaban J connectivity index is 1.34. The molecule has 0 amide bonds. The second kappa shape index (κ2) is 11.2. The Labute approximate surface area is 234 Å². The van der Waals surface area contributed by atoms with E-state index in [-0.39, 0.29) is 16.7 Å². The Morgan fingerprint density at radius 1 is 1.10 bits per heavy atom. The number of hydrogen-bond donors (Lipinski definition) is 2. The molecule has 6 nitrogen and oxygen atoms in total. The van der Waals surface area contributed by atoms with Crippen LogP contribution in [0.4, 0.5) is 5.82 Å². The van der Waals surface area contributed by atoms with Crippen LogP contribution in [0.1, 0.15) is 61.0 Å². The average molecular weight is 544 g/mol. The van der Waals surface area contributed by atoms with Gasteiger partial charge < -0.3 is 15.6 Å². The quantitative estimate of drug-likeness (QED) is 0.319. The van der Waals surface area contributed by atoms with Gasteiger partial charge in [-0.1, -0.05) is 55.3 Å². The van der Waals surface area contributed by atoms with Gasteiger partial charge in [-0.05, 0) is 89.8 Å². The van der Waals surface area contributed by atoms with Crippen LogP contribution < -0.4 is 10.5 Å². The summed E-state index contributed by atoms with van der Waals surface area (Å²) in [6, 6.07) is 16.8. The molecule has 0 fully saturated rings. The molecule has 0 atom stereocenters. The molecule has 2 aliphatic rings. The van der Waals surface area contributed by atoms with Crippen molar-refractivity contribution in [1.82, 2.24) is 9.88 Å². The molecule has 0 unspecified atom stereocenters. The Bertz CT molecular complexity index is 1430. The first kappa shape index (κ1) is 27.0. The highest BCUT2D eigenvalue weighted by Crippen LogP contribution is 2.43. The van der Waals surface area contributed by atoms with Crippen LogP contribution in [-0.2, 0) is 0 Å². The third kappa shape index (κ3) is 6.52. The molecule has 7 heteroatoms. The minimum Gasteiger partial charge on any atom is -0.478 e. The number of ether oxygens (including phenoxy) is 1. The molecule has 0 saturated heterocycles. The Hall–Kier alpha value is -3.61. The summed E-state index contributed by atoms with van der Waals surface area (Å²) in [5.41, 5.74) is 12.5. The van der Waals surface area contributed by atoms with Crippen molar-refractivity contribution in [2.45, 2.75) is 39.5 Å². The molecule has 1 aliphatic heterocycles. The number of nitrogen functional groups attached to an aromatic ring is 1. The molecule has 0 spiro atoms. The molecule has 3 N–H and O–H groups in total. The van der Waals surface area contributed by atoms with E-state index in [1.165, 1.54) is 34.9 Å². The summed E-state index contributed by atoms with van der Waals surface area (Å²) in [5, 5.41) is 10.4. The maximum Gasteiger partial charge on any atom is 0.339 e. The predicted octanol–water partition coefficient (Wildman–Crippen LogP) is 7.56.